The van der Waals surface area contributed by atoms with Gasteiger partial charge in [-0.3, -0.25) is 4.79 Å². The SMILES string of the molecule is CC(C)(C)OC(=O)[C@@H]1C(CO)CNC1(C)C. The van der Waals surface area contributed by atoms with Crippen LogP contribution in [-0.4, -0.2) is 35.4 Å². The van der Waals surface area contributed by atoms with E-state index in [0.29, 0.717) is 6.54 Å². The number of rotatable bonds is 2. The molecule has 1 fully saturated rings. The zero-order chi connectivity index (χ0) is 12.6. The quantitative estimate of drug-likeness (QED) is 0.692. The highest BCUT2D eigenvalue weighted by Crippen LogP contribution is 2.32. The van der Waals surface area contributed by atoms with E-state index < -0.39 is 5.60 Å². The van der Waals surface area contributed by atoms with Gasteiger partial charge in [-0.15, -0.1) is 0 Å². The number of nitrogens with one attached hydrogen (secondary N) is 1. The van der Waals surface area contributed by atoms with Gasteiger partial charge in [0, 0.05) is 24.6 Å². The van der Waals surface area contributed by atoms with Gasteiger partial charge in [-0.2, -0.15) is 0 Å². The molecule has 0 bridgehead atoms. The first-order valence-electron chi connectivity index (χ1n) is 5.76. The number of carbonyl (C=O) groups is 1. The van der Waals surface area contributed by atoms with E-state index in [0.717, 1.165) is 0 Å². The molecule has 4 nitrogen and oxygen atoms in total. The monoisotopic (exact) mass is 229 g/mol. The van der Waals surface area contributed by atoms with E-state index in [-0.39, 0.29) is 30.0 Å². The lowest BCUT2D eigenvalue weighted by atomic mass is 9.83. The third kappa shape index (κ3) is 2.95. The van der Waals surface area contributed by atoms with Gasteiger partial charge in [-0.05, 0) is 34.6 Å². The van der Waals surface area contributed by atoms with Crippen molar-refractivity contribution in [2.45, 2.75) is 45.8 Å². The van der Waals surface area contributed by atoms with E-state index >= 15 is 0 Å². The van der Waals surface area contributed by atoms with Crippen LogP contribution >= 0.6 is 0 Å². The van der Waals surface area contributed by atoms with Gasteiger partial charge in [0.1, 0.15) is 5.60 Å². The lowest BCUT2D eigenvalue weighted by Gasteiger charge is -2.31. The van der Waals surface area contributed by atoms with Gasteiger partial charge in [0.15, 0.2) is 0 Å². The maximum absolute atomic E-state index is 12.1. The summed E-state index contributed by atoms with van der Waals surface area (Å²) < 4.78 is 5.40. The molecule has 0 aromatic carbocycles. The van der Waals surface area contributed by atoms with Gasteiger partial charge in [0.05, 0.1) is 5.92 Å². The van der Waals surface area contributed by atoms with Crippen LogP contribution in [0.3, 0.4) is 0 Å². The minimum atomic E-state index is -0.476. The molecule has 1 unspecified atom stereocenters. The number of aliphatic hydroxyl groups excluding tert-OH is 1. The van der Waals surface area contributed by atoms with Crippen LogP contribution in [0.1, 0.15) is 34.6 Å². The summed E-state index contributed by atoms with van der Waals surface area (Å²) in [4.78, 5) is 12.1. The Morgan fingerprint density at radius 2 is 2.06 bits per heavy atom. The Balaban J connectivity index is 2.79. The van der Waals surface area contributed by atoms with Crippen LogP contribution in [-0.2, 0) is 9.53 Å². The highest BCUT2D eigenvalue weighted by molar-refractivity contribution is 5.75. The summed E-state index contributed by atoms with van der Waals surface area (Å²) in [5.74, 6) is -0.553. The fraction of sp³-hybridized carbons (Fsp3) is 0.917. The number of aliphatic hydroxyl groups is 1. The van der Waals surface area contributed by atoms with Gasteiger partial charge in [-0.25, -0.2) is 0 Å². The zero-order valence-corrected chi connectivity index (χ0v) is 10.8. The molecule has 4 heteroatoms. The van der Waals surface area contributed by atoms with Crippen LogP contribution in [0.4, 0.5) is 0 Å². The zero-order valence-electron chi connectivity index (χ0n) is 10.8. The Kier molecular flexibility index (Phi) is 3.65. The van der Waals surface area contributed by atoms with Crippen molar-refractivity contribution in [3.05, 3.63) is 0 Å². The summed E-state index contributed by atoms with van der Waals surface area (Å²) >= 11 is 0. The van der Waals surface area contributed by atoms with Crippen molar-refractivity contribution in [3.63, 3.8) is 0 Å². The third-order valence-electron chi connectivity index (χ3n) is 2.96. The Morgan fingerprint density at radius 3 is 2.50 bits per heavy atom. The largest absolute Gasteiger partial charge is 0.460 e. The second kappa shape index (κ2) is 4.34. The first kappa shape index (κ1) is 13.5. The molecular weight excluding hydrogens is 206 g/mol. The molecule has 1 saturated heterocycles. The van der Waals surface area contributed by atoms with Gasteiger partial charge in [0.2, 0.25) is 0 Å². The Morgan fingerprint density at radius 1 is 1.50 bits per heavy atom. The Bertz CT molecular complexity index is 268. The van der Waals surface area contributed by atoms with E-state index in [1.165, 1.54) is 0 Å². The number of ether oxygens (including phenoxy) is 1. The molecular formula is C12H23NO3. The van der Waals surface area contributed by atoms with Gasteiger partial charge in [0.25, 0.3) is 0 Å². The van der Waals surface area contributed by atoms with E-state index in [1.807, 2.05) is 34.6 Å². The minimum Gasteiger partial charge on any atom is -0.460 e. The molecule has 2 atom stereocenters. The second-order valence-corrected chi connectivity index (χ2v) is 6.06. The van der Waals surface area contributed by atoms with Crippen LogP contribution in [0.2, 0.25) is 0 Å². The molecule has 0 amide bonds. The number of hydrogen-bond donors (Lipinski definition) is 2. The summed E-state index contributed by atoms with van der Waals surface area (Å²) in [6.45, 7) is 10.2. The molecule has 0 spiro atoms. The Hall–Kier alpha value is -0.610. The van der Waals surface area contributed by atoms with Crippen molar-refractivity contribution < 1.29 is 14.6 Å². The third-order valence-corrected chi connectivity index (χ3v) is 2.96. The molecule has 0 aliphatic carbocycles. The molecule has 94 valence electrons. The molecule has 1 aliphatic rings. The number of esters is 1. The van der Waals surface area contributed by atoms with Crippen LogP contribution in [0.25, 0.3) is 0 Å². The van der Waals surface area contributed by atoms with Gasteiger partial charge < -0.3 is 15.2 Å². The maximum atomic E-state index is 12.1. The summed E-state index contributed by atoms with van der Waals surface area (Å²) in [6.07, 6.45) is 0. The maximum Gasteiger partial charge on any atom is 0.311 e. The molecule has 2 N–H and O–H groups in total. The van der Waals surface area contributed by atoms with Crippen molar-refractivity contribution in [1.82, 2.24) is 5.32 Å². The molecule has 0 aromatic rings. The van der Waals surface area contributed by atoms with Crippen molar-refractivity contribution in [2.75, 3.05) is 13.2 Å². The summed E-state index contributed by atoms with van der Waals surface area (Å²) in [5, 5.41) is 12.5. The average Bonchev–Trinajstić information content (AvgIpc) is 2.37. The van der Waals surface area contributed by atoms with Crippen molar-refractivity contribution >= 4 is 5.97 Å². The molecule has 0 aromatic heterocycles. The first-order valence-corrected chi connectivity index (χ1v) is 5.76. The highest BCUT2D eigenvalue weighted by atomic mass is 16.6. The predicted molar refractivity (Wildman–Crippen MR) is 62.0 cm³/mol. The van der Waals surface area contributed by atoms with Crippen LogP contribution < -0.4 is 5.32 Å². The standard InChI is InChI=1S/C12H23NO3/c1-11(2,3)16-10(15)9-8(7-14)6-13-12(9,4)5/h8-9,13-14H,6-7H2,1-5H3/t8?,9-/m0/s1. The second-order valence-electron chi connectivity index (χ2n) is 6.06. The van der Waals surface area contributed by atoms with E-state index in [2.05, 4.69) is 5.32 Å². The minimum absolute atomic E-state index is 0.0142. The topological polar surface area (TPSA) is 58.6 Å². The first-order chi connectivity index (χ1) is 7.17. The van der Waals surface area contributed by atoms with E-state index in [9.17, 15) is 9.90 Å². The molecule has 1 aliphatic heterocycles. The average molecular weight is 229 g/mol. The van der Waals surface area contributed by atoms with Crippen LogP contribution in [0.15, 0.2) is 0 Å². The number of hydrogen-bond acceptors (Lipinski definition) is 4. The lowest BCUT2D eigenvalue weighted by Crippen LogP contribution is -2.45. The van der Waals surface area contributed by atoms with E-state index in [1.54, 1.807) is 0 Å². The summed E-state index contributed by atoms with van der Waals surface area (Å²) in [5.41, 5.74) is -0.786. The van der Waals surface area contributed by atoms with Crippen molar-refractivity contribution in [2.24, 2.45) is 11.8 Å². The molecule has 1 rings (SSSR count). The van der Waals surface area contributed by atoms with Crippen LogP contribution in [0, 0.1) is 11.8 Å². The molecule has 1 heterocycles. The van der Waals surface area contributed by atoms with Gasteiger partial charge >= 0.3 is 5.97 Å². The number of carbonyl (C=O) groups excluding carboxylic acids is 1. The normalized spacial score (nSPS) is 29.1. The summed E-state index contributed by atoms with van der Waals surface area (Å²) in [6, 6.07) is 0. The van der Waals surface area contributed by atoms with Gasteiger partial charge in [-0.1, -0.05) is 0 Å². The van der Waals surface area contributed by atoms with Crippen molar-refractivity contribution in [1.29, 1.82) is 0 Å². The lowest BCUT2D eigenvalue weighted by molar-refractivity contribution is -0.163. The molecule has 0 radical (unpaired) electrons. The fourth-order valence-corrected chi connectivity index (χ4v) is 2.23. The molecule has 16 heavy (non-hydrogen) atoms. The smallest absolute Gasteiger partial charge is 0.311 e. The van der Waals surface area contributed by atoms with E-state index in [4.69, 9.17) is 4.74 Å². The summed E-state index contributed by atoms with van der Waals surface area (Å²) in [7, 11) is 0. The van der Waals surface area contributed by atoms with Crippen LogP contribution in [0.5, 0.6) is 0 Å². The Labute approximate surface area is 97.4 Å². The molecule has 0 saturated carbocycles. The highest BCUT2D eigenvalue weighted by Gasteiger charge is 2.47. The predicted octanol–water partition coefficient (Wildman–Crippen LogP) is 0.935. The fourth-order valence-electron chi connectivity index (χ4n) is 2.23. The van der Waals surface area contributed by atoms with Crippen molar-refractivity contribution in [3.8, 4) is 0 Å².